The summed E-state index contributed by atoms with van der Waals surface area (Å²) < 4.78 is 4.98. The zero-order valence-corrected chi connectivity index (χ0v) is 8.96. The number of carbonyl (C=O) groups is 1. The van der Waals surface area contributed by atoms with Crippen molar-refractivity contribution in [2.24, 2.45) is 4.99 Å². The molecule has 1 atom stereocenters. The number of amides is 1. The SMILES string of the molecule is CC(CNC(=O)OC(C)(C)C)N=C=O. The van der Waals surface area contributed by atoms with Crippen molar-refractivity contribution >= 4 is 12.2 Å². The Morgan fingerprint density at radius 3 is 2.57 bits per heavy atom. The highest BCUT2D eigenvalue weighted by Gasteiger charge is 2.15. The summed E-state index contributed by atoms with van der Waals surface area (Å²) in [6, 6.07) is -0.278. The van der Waals surface area contributed by atoms with Gasteiger partial charge in [-0.3, -0.25) is 0 Å². The van der Waals surface area contributed by atoms with Gasteiger partial charge in [-0.1, -0.05) is 0 Å². The third kappa shape index (κ3) is 7.31. The van der Waals surface area contributed by atoms with Crippen molar-refractivity contribution in [3.63, 3.8) is 0 Å². The van der Waals surface area contributed by atoms with E-state index in [4.69, 9.17) is 4.74 Å². The molecule has 0 saturated heterocycles. The van der Waals surface area contributed by atoms with Crippen LogP contribution in [-0.4, -0.2) is 30.4 Å². The van der Waals surface area contributed by atoms with Gasteiger partial charge in [0.15, 0.2) is 0 Å². The van der Waals surface area contributed by atoms with Gasteiger partial charge < -0.3 is 10.1 Å². The predicted molar refractivity (Wildman–Crippen MR) is 51.8 cm³/mol. The second-order valence-electron chi connectivity index (χ2n) is 3.95. The number of hydrogen-bond acceptors (Lipinski definition) is 4. The molecule has 0 aromatic carbocycles. The van der Waals surface area contributed by atoms with Crippen LogP contribution in [-0.2, 0) is 9.53 Å². The Hall–Kier alpha value is -1.35. The molecule has 5 nitrogen and oxygen atoms in total. The first-order valence-electron chi connectivity index (χ1n) is 4.39. The van der Waals surface area contributed by atoms with Crippen LogP contribution < -0.4 is 5.32 Å². The van der Waals surface area contributed by atoms with Crippen molar-refractivity contribution < 1.29 is 14.3 Å². The molecule has 0 aliphatic carbocycles. The summed E-state index contributed by atoms with van der Waals surface area (Å²) in [5.41, 5.74) is -0.513. The first-order valence-corrected chi connectivity index (χ1v) is 4.39. The summed E-state index contributed by atoms with van der Waals surface area (Å²) in [4.78, 5) is 24.4. The maximum absolute atomic E-state index is 11.1. The summed E-state index contributed by atoms with van der Waals surface area (Å²) in [7, 11) is 0. The van der Waals surface area contributed by atoms with Crippen molar-refractivity contribution in [3.8, 4) is 0 Å². The van der Waals surface area contributed by atoms with Crippen LogP contribution >= 0.6 is 0 Å². The third-order valence-electron chi connectivity index (χ3n) is 1.21. The van der Waals surface area contributed by atoms with Gasteiger partial charge in [-0.25, -0.2) is 14.6 Å². The maximum atomic E-state index is 11.1. The molecule has 0 aliphatic rings. The number of rotatable bonds is 3. The summed E-state index contributed by atoms with van der Waals surface area (Å²) in [5.74, 6) is 0. The molecule has 80 valence electrons. The highest BCUT2D eigenvalue weighted by atomic mass is 16.6. The quantitative estimate of drug-likeness (QED) is 0.550. The van der Waals surface area contributed by atoms with E-state index >= 15 is 0 Å². The largest absolute Gasteiger partial charge is 0.444 e. The van der Waals surface area contributed by atoms with Gasteiger partial charge >= 0.3 is 6.09 Å². The van der Waals surface area contributed by atoms with Crippen LogP contribution in [0, 0.1) is 0 Å². The van der Waals surface area contributed by atoms with E-state index in [1.54, 1.807) is 27.7 Å². The Morgan fingerprint density at radius 1 is 1.57 bits per heavy atom. The Balaban J connectivity index is 3.80. The summed E-state index contributed by atoms with van der Waals surface area (Å²) in [5, 5.41) is 2.49. The molecule has 14 heavy (non-hydrogen) atoms. The average molecular weight is 200 g/mol. The fourth-order valence-electron chi connectivity index (χ4n) is 0.681. The maximum Gasteiger partial charge on any atom is 0.407 e. The van der Waals surface area contributed by atoms with E-state index in [-0.39, 0.29) is 12.6 Å². The van der Waals surface area contributed by atoms with Crippen molar-refractivity contribution in [2.75, 3.05) is 6.54 Å². The Labute approximate surface area is 83.5 Å². The summed E-state index contributed by atoms with van der Waals surface area (Å²) >= 11 is 0. The zero-order valence-electron chi connectivity index (χ0n) is 8.96. The first-order chi connectivity index (χ1) is 6.35. The molecule has 0 aromatic heterocycles. The van der Waals surface area contributed by atoms with Gasteiger partial charge in [0.25, 0.3) is 0 Å². The van der Waals surface area contributed by atoms with E-state index < -0.39 is 11.7 Å². The molecular weight excluding hydrogens is 184 g/mol. The van der Waals surface area contributed by atoms with Gasteiger partial charge in [-0.2, -0.15) is 0 Å². The number of ether oxygens (including phenoxy) is 1. The smallest absolute Gasteiger partial charge is 0.407 e. The van der Waals surface area contributed by atoms with E-state index in [2.05, 4.69) is 10.3 Å². The van der Waals surface area contributed by atoms with Crippen LogP contribution in [0.5, 0.6) is 0 Å². The lowest BCUT2D eigenvalue weighted by Gasteiger charge is -2.19. The van der Waals surface area contributed by atoms with Crippen LogP contribution in [0.2, 0.25) is 0 Å². The summed E-state index contributed by atoms with van der Waals surface area (Å²) in [6.45, 7) is 7.30. The number of nitrogens with one attached hydrogen (secondary N) is 1. The highest BCUT2D eigenvalue weighted by Crippen LogP contribution is 2.06. The van der Waals surface area contributed by atoms with E-state index in [0.29, 0.717) is 0 Å². The third-order valence-corrected chi connectivity index (χ3v) is 1.21. The molecule has 5 heteroatoms. The van der Waals surface area contributed by atoms with E-state index in [1.807, 2.05) is 0 Å². The van der Waals surface area contributed by atoms with E-state index in [9.17, 15) is 9.59 Å². The second-order valence-corrected chi connectivity index (χ2v) is 3.95. The number of nitrogens with zero attached hydrogens (tertiary/aromatic N) is 1. The van der Waals surface area contributed by atoms with Crippen LogP contribution in [0.25, 0.3) is 0 Å². The zero-order chi connectivity index (χ0) is 11.2. The van der Waals surface area contributed by atoms with Crippen molar-refractivity contribution in [1.29, 1.82) is 0 Å². The molecule has 0 heterocycles. The van der Waals surface area contributed by atoms with Gasteiger partial charge in [0.2, 0.25) is 6.08 Å². The molecule has 1 amide bonds. The molecule has 1 N–H and O–H groups in total. The highest BCUT2D eigenvalue weighted by molar-refractivity contribution is 5.67. The predicted octanol–water partition coefficient (Wildman–Crippen LogP) is 1.24. The Morgan fingerprint density at radius 2 is 2.14 bits per heavy atom. The first kappa shape index (κ1) is 12.7. The van der Waals surface area contributed by atoms with E-state index in [0.717, 1.165) is 0 Å². The number of hydrogen-bond donors (Lipinski definition) is 1. The van der Waals surface area contributed by atoms with Gasteiger partial charge in [0, 0.05) is 6.54 Å². The number of carbonyl (C=O) groups excluding carboxylic acids is 2. The number of alkyl carbamates (subject to hydrolysis) is 1. The standard InChI is InChI=1S/C9H16N2O3/c1-7(11-6-12)5-10-8(13)14-9(2,3)4/h7H,5H2,1-4H3,(H,10,13). The van der Waals surface area contributed by atoms with Gasteiger partial charge in [-0.05, 0) is 27.7 Å². The molecular formula is C9H16N2O3. The van der Waals surface area contributed by atoms with Crippen LogP contribution in [0.4, 0.5) is 4.79 Å². The molecule has 0 fully saturated rings. The molecule has 0 bridgehead atoms. The molecule has 0 aliphatic heterocycles. The molecule has 0 radical (unpaired) electrons. The Kier molecular flexibility index (Phi) is 4.87. The number of aliphatic imine (C=N–C) groups is 1. The fraction of sp³-hybridized carbons (Fsp3) is 0.778. The summed E-state index contributed by atoms with van der Waals surface area (Å²) in [6.07, 6.45) is 0.913. The minimum absolute atomic E-state index is 0.268. The topological polar surface area (TPSA) is 67.8 Å². The molecule has 0 rings (SSSR count). The van der Waals surface area contributed by atoms with Crippen LogP contribution in [0.15, 0.2) is 4.99 Å². The van der Waals surface area contributed by atoms with Crippen LogP contribution in [0.1, 0.15) is 27.7 Å². The second kappa shape index (κ2) is 5.40. The van der Waals surface area contributed by atoms with Gasteiger partial charge in [0.1, 0.15) is 5.60 Å². The lowest BCUT2D eigenvalue weighted by molar-refractivity contribution is 0.0525. The average Bonchev–Trinajstić information content (AvgIpc) is 1.98. The molecule has 1 unspecified atom stereocenters. The normalized spacial score (nSPS) is 12.6. The lowest BCUT2D eigenvalue weighted by atomic mass is 10.2. The minimum Gasteiger partial charge on any atom is -0.444 e. The van der Waals surface area contributed by atoms with Crippen LogP contribution in [0.3, 0.4) is 0 Å². The molecule has 0 spiro atoms. The van der Waals surface area contributed by atoms with Gasteiger partial charge in [0.05, 0.1) is 6.04 Å². The van der Waals surface area contributed by atoms with Crippen molar-refractivity contribution in [3.05, 3.63) is 0 Å². The van der Waals surface area contributed by atoms with Crippen molar-refractivity contribution in [1.82, 2.24) is 5.32 Å². The lowest BCUT2D eigenvalue weighted by Crippen LogP contribution is -2.35. The van der Waals surface area contributed by atoms with E-state index in [1.165, 1.54) is 6.08 Å². The minimum atomic E-state index is -0.513. The molecule has 0 saturated carbocycles. The Bertz CT molecular complexity index is 239. The molecule has 0 aromatic rings. The monoisotopic (exact) mass is 200 g/mol. The van der Waals surface area contributed by atoms with Crippen molar-refractivity contribution in [2.45, 2.75) is 39.3 Å². The van der Waals surface area contributed by atoms with Gasteiger partial charge in [-0.15, -0.1) is 0 Å². The fourth-order valence-corrected chi connectivity index (χ4v) is 0.681. The number of isocyanates is 1.